The second-order valence-electron chi connectivity index (χ2n) is 6.20. The highest BCUT2D eigenvalue weighted by molar-refractivity contribution is 6.08. The molecule has 5 heteroatoms. The Balaban J connectivity index is 1.76. The summed E-state index contributed by atoms with van der Waals surface area (Å²) in [6.45, 7) is 1.88. The molecule has 3 aromatic rings. The zero-order chi connectivity index (χ0) is 19.9. The van der Waals surface area contributed by atoms with E-state index in [1.165, 1.54) is 0 Å². The van der Waals surface area contributed by atoms with Crippen molar-refractivity contribution in [1.82, 2.24) is 4.57 Å². The van der Waals surface area contributed by atoms with Crippen molar-refractivity contribution < 1.29 is 19.4 Å². The number of rotatable bonds is 6. The second-order valence-corrected chi connectivity index (χ2v) is 6.20. The molecule has 140 valence electrons. The minimum Gasteiger partial charge on any atom is -0.481 e. The summed E-state index contributed by atoms with van der Waals surface area (Å²) in [5.74, 6) is 5.32. The highest BCUT2D eigenvalue weighted by Gasteiger charge is 2.12. The maximum Gasteiger partial charge on any atom is 0.341 e. The number of aliphatic carboxylic acids is 1. The SMILES string of the molecule is Cc1ccc(C(=O)c2cccn2CC#Cc2ccccc2OCC(=O)O)cc1. The van der Waals surface area contributed by atoms with E-state index in [-0.39, 0.29) is 5.78 Å². The average Bonchev–Trinajstić information content (AvgIpc) is 3.15. The molecule has 0 aliphatic rings. The first kappa shape index (κ1) is 19.0. The quantitative estimate of drug-likeness (QED) is 0.530. The van der Waals surface area contributed by atoms with Gasteiger partial charge in [-0.1, -0.05) is 53.8 Å². The summed E-state index contributed by atoms with van der Waals surface area (Å²) < 4.78 is 7.04. The Morgan fingerprint density at radius 1 is 1.04 bits per heavy atom. The molecule has 5 nitrogen and oxygen atoms in total. The van der Waals surface area contributed by atoms with E-state index < -0.39 is 12.6 Å². The molecule has 3 rings (SSSR count). The number of ether oxygens (including phenoxy) is 1. The number of benzene rings is 2. The van der Waals surface area contributed by atoms with Crippen LogP contribution in [-0.4, -0.2) is 28.0 Å². The van der Waals surface area contributed by atoms with Crippen LogP contribution in [0.5, 0.6) is 5.75 Å². The standard InChI is InChI=1S/C23H19NO4/c1-17-10-12-19(13-11-17)23(27)20-8-5-15-24(20)14-4-7-18-6-2-3-9-21(18)28-16-22(25)26/h2-3,5-6,8-13,15H,14,16H2,1H3,(H,25,26). The Bertz CT molecular complexity index is 1050. The van der Waals surface area contributed by atoms with Crippen LogP contribution < -0.4 is 4.74 Å². The number of para-hydroxylation sites is 1. The van der Waals surface area contributed by atoms with E-state index in [2.05, 4.69) is 11.8 Å². The predicted octanol–water partition coefficient (Wildman–Crippen LogP) is 3.54. The van der Waals surface area contributed by atoms with Crippen molar-refractivity contribution in [3.63, 3.8) is 0 Å². The number of hydrogen-bond donors (Lipinski definition) is 1. The lowest BCUT2D eigenvalue weighted by Crippen LogP contribution is -2.10. The Kier molecular flexibility index (Phi) is 5.93. The Hall–Kier alpha value is -3.78. The van der Waals surface area contributed by atoms with Gasteiger partial charge in [-0.3, -0.25) is 4.79 Å². The summed E-state index contributed by atoms with van der Waals surface area (Å²) in [6, 6.07) is 18.0. The van der Waals surface area contributed by atoms with Gasteiger partial charge in [0.1, 0.15) is 5.75 Å². The molecular weight excluding hydrogens is 354 g/mol. The van der Waals surface area contributed by atoms with Crippen LogP contribution in [0.4, 0.5) is 0 Å². The van der Waals surface area contributed by atoms with Crippen LogP contribution in [0.2, 0.25) is 0 Å². The lowest BCUT2D eigenvalue weighted by Gasteiger charge is -2.06. The molecule has 28 heavy (non-hydrogen) atoms. The molecule has 0 spiro atoms. The molecule has 1 heterocycles. The smallest absolute Gasteiger partial charge is 0.341 e. The Morgan fingerprint density at radius 3 is 2.54 bits per heavy atom. The average molecular weight is 373 g/mol. The van der Waals surface area contributed by atoms with Crippen molar-refractivity contribution in [2.45, 2.75) is 13.5 Å². The summed E-state index contributed by atoms with van der Waals surface area (Å²) in [5, 5.41) is 8.76. The van der Waals surface area contributed by atoms with Gasteiger partial charge in [-0.15, -0.1) is 0 Å². The molecule has 0 unspecified atom stereocenters. The monoisotopic (exact) mass is 373 g/mol. The van der Waals surface area contributed by atoms with E-state index in [1.54, 1.807) is 34.9 Å². The third kappa shape index (κ3) is 4.68. The van der Waals surface area contributed by atoms with Crippen LogP contribution in [0, 0.1) is 18.8 Å². The fraction of sp³-hybridized carbons (Fsp3) is 0.130. The molecule has 0 amide bonds. The molecule has 0 bridgehead atoms. The molecule has 0 aliphatic carbocycles. The van der Waals surface area contributed by atoms with Crippen LogP contribution in [0.25, 0.3) is 0 Å². The molecule has 0 radical (unpaired) electrons. The molecular formula is C23H19NO4. The predicted molar refractivity (Wildman–Crippen MR) is 105 cm³/mol. The summed E-state index contributed by atoms with van der Waals surface area (Å²) in [5.41, 5.74) is 2.89. The topological polar surface area (TPSA) is 68.5 Å². The number of nitrogens with zero attached hydrogens (tertiary/aromatic N) is 1. The van der Waals surface area contributed by atoms with E-state index in [4.69, 9.17) is 9.84 Å². The lowest BCUT2D eigenvalue weighted by molar-refractivity contribution is -0.139. The van der Waals surface area contributed by atoms with E-state index in [0.29, 0.717) is 29.1 Å². The van der Waals surface area contributed by atoms with E-state index in [1.807, 2.05) is 43.5 Å². The summed E-state index contributed by atoms with van der Waals surface area (Å²) in [6.07, 6.45) is 1.81. The first-order chi connectivity index (χ1) is 13.5. The molecule has 0 saturated carbocycles. The minimum atomic E-state index is -1.05. The van der Waals surface area contributed by atoms with Gasteiger partial charge in [0.05, 0.1) is 17.8 Å². The molecule has 1 aromatic heterocycles. The van der Waals surface area contributed by atoms with Gasteiger partial charge in [-0.25, -0.2) is 4.79 Å². The van der Waals surface area contributed by atoms with E-state index in [0.717, 1.165) is 5.56 Å². The van der Waals surface area contributed by atoms with Gasteiger partial charge in [0, 0.05) is 11.8 Å². The third-order valence-corrected chi connectivity index (χ3v) is 4.09. The van der Waals surface area contributed by atoms with Crippen molar-refractivity contribution >= 4 is 11.8 Å². The number of carbonyl (C=O) groups is 2. The van der Waals surface area contributed by atoms with Crippen molar-refractivity contribution in [2.75, 3.05) is 6.61 Å². The summed E-state index contributed by atoms with van der Waals surface area (Å²) in [7, 11) is 0. The molecule has 0 saturated heterocycles. The normalized spacial score (nSPS) is 10.0. The highest BCUT2D eigenvalue weighted by Crippen LogP contribution is 2.17. The van der Waals surface area contributed by atoms with E-state index >= 15 is 0 Å². The molecule has 0 atom stereocenters. The van der Waals surface area contributed by atoms with Crippen LogP contribution in [0.15, 0.2) is 66.9 Å². The van der Waals surface area contributed by atoms with Crippen LogP contribution in [-0.2, 0) is 11.3 Å². The van der Waals surface area contributed by atoms with Crippen LogP contribution in [0.1, 0.15) is 27.2 Å². The number of hydrogen-bond acceptors (Lipinski definition) is 3. The maximum atomic E-state index is 12.7. The van der Waals surface area contributed by atoms with Gasteiger partial charge >= 0.3 is 5.97 Å². The lowest BCUT2D eigenvalue weighted by atomic mass is 10.1. The summed E-state index contributed by atoms with van der Waals surface area (Å²) in [4.78, 5) is 23.4. The Labute approximate surface area is 163 Å². The molecule has 0 fully saturated rings. The number of aromatic nitrogens is 1. The van der Waals surface area contributed by atoms with Gasteiger partial charge in [0.15, 0.2) is 6.61 Å². The van der Waals surface area contributed by atoms with Gasteiger partial charge < -0.3 is 14.4 Å². The van der Waals surface area contributed by atoms with Crippen molar-refractivity contribution in [3.8, 4) is 17.6 Å². The zero-order valence-electron chi connectivity index (χ0n) is 15.4. The number of carboxylic acid groups (broad SMARTS) is 1. The van der Waals surface area contributed by atoms with Crippen LogP contribution >= 0.6 is 0 Å². The number of carboxylic acids is 1. The second kappa shape index (κ2) is 8.74. The zero-order valence-corrected chi connectivity index (χ0v) is 15.4. The fourth-order valence-electron chi connectivity index (χ4n) is 2.67. The van der Waals surface area contributed by atoms with Crippen molar-refractivity contribution in [1.29, 1.82) is 0 Å². The molecule has 1 N–H and O–H groups in total. The van der Waals surface area contributed by atoms with E-state index in [9.17, 15) is 9.59 Å². The third-order valence-electron chi connectivity index (χ3n) is 4.09. The molecule has 0 aliphatic heterocycles. The van der Waals surface area contributed by atoms with Gasteiger partial charge in [-0.2, -0.15) is 0 Å². The van der Waals surface area contributed by atoms with Crippen molar-refractivity contribution in [2.24, 2.45) is 0 Å². The fourth-order valence-corrected chi connectivity index (χ4v) is 2.67. The van der Waals surface area contributed by atoms with Crippen molar-refractivity contribution in [3.05, 3.63) is 89.2 Å². The van der Waals surface area contributed by atoms with Gasteiger partial charge in [0.25, 0.3) is 0 Å². The van der Waals surface area contributed by atoms with Gasteiger partial charge in [0.2, 0.25) is 5.78 Å². The first-order valence-electron chi connectivity index (χ1n) is 8.73. The number of carbonyl (C=O) groups excluding carboxylic acids is 1. The largest absolute Gasteiger partial charge is 0.481 e. The van der Waals surface area contributed by atoms with Crippen LogP contribution in [0.3, 0.4) is 0 Å². The number of ketones is 1. The maximum absolute atomic E-state index is 12.7. The highest BCUT2D eigenvalue weighted by atomic mass is 16.5. The number of aryl methyl sites for hydroxylation is 1. The first-order valence-corrected chi connectivity index (χ1v) is 8.73. The molecule has 2 aromatic carbocycles. The van der Waals surface area contributed by atoms with Gasteiger partial charge in [-0.05, 0) is 31.2 Å². The Morgan fingerprint density at radius 2 is 1.79 bits per heavy atom. The minimum absolute atomic E-state index is 0.0583. The summed E-state index contributed by atoms with van der Waals surface area (Å²) >= 11 is 0.